The number of pyridine rings is 1. The average molecular weight is 335 g/mol. The van der Waals surface area contributed by atoms with E-state index in [0.717, 1.165) is 11.4 Å². The van der Waals surface area contributed by atoms with E-state index >= 15 is 0 Å². The summed E-state index contributed by atoms with van der Waals surface area (Å²) in [5, 5.41) is 13.3. The summed E-state index contributed by atoms with van der Waals surface area (Å²) in [5.74, 6) is 0.884. The van der Waals surface area contributed by atoms with Gasteiger partial charge in [0.1, 0.15) is 0 Å². The molecule has 0 unspecified atom stereocenters. The van der Waals surface area contributed by atoms with E-state index in [2.05, 4.69) is 42.5 Å². The summed E-state index contributed by atoms with van der Waals surface area (Å²) >= 11 is 0. The molecule has 0 amide bonds. The summed E-state index contributed by atoms with van der Waals surface area (Å²) in [4.78, 5) is 0. The lowest BCUT2D eigenvalue weighted by Crippen LogP contribution is -2.40. The zero-order valence-electron chi connectivity index (χ0n) is 15.1. The van der Waals surface area contributed by atoms with Crippen LogP contribution in [0.3, 0.4) is 0 Å². The third-order valence-electron chi connectivity index (χ3n) is 6.23. The number of nitrogens with zero attached hydrogens (tertiary/aromatic N) is 1. The molecular formula is C23H29NO. The van der Waals surface area contributed by atoms with Crippen molar-refractivity contribution in [1.82, 2.24) is 0 Å². The lowest BCUT2D eigenvalue weighted by atomic mass is 9.83. The van der Waals surface area contributed by atoms with E-state index in [1.54, 1.807) is 0 Å². The number of aromatic nitrogens is 1. The molecule has 2 heteroatoms. The smallest absolute Gasteiger partial charge is 0.196 e. The van der Waals surface area contributed by atoms with Crippen molar-refractivity contribution in [1.29, 1.82) is 0 Å². The molecular weight excluding hydrogens is 306 g/mol. The number of hydrogen-bond donors (Lipinski definition) is 0. The molecule has 132 valence electrons. The van der Waals surface area contributed by atoms with Crippen LogP contribution in [-0.2, 0) is 0 Å². The topological polar surface area (TPSA) is 26.9 Å². The molecule has 0 spiro atoms. The van der Waals surface area contributed by atoms with E-state index in [1.165, 1.54) is 80.1 Å². The molecule has 1 heterocycles. The lowest BCUT2D eigenvalue weighted by molar-refractivity contribution is -0.626. The molecule has 4 rings (SSSR count). The van der Waals surface area contributed by atoms with Crippen molar-refractivity contribution >= 4 is 0 Å². The van der Waals surface area contributed by atoms with Crippen LogP contribution in [-0.4, -0.2) is 0 Å². The average Bonchev–Trinajstić information content (AvgIpc) is 2.70. The van der Waals surface area contributed by atoms with Gasteiger partial charge in [-0.2, -0.15) is 4.73 Å². The molecule has 0 aliphatic heterocycles. The van der Waals surface area contributed by atoms with Crippen molar-refractivity contribution < 1.29 is 4.73 Å². The predicted molar refractivity (Wildman–Crippen MR) is 102 cm³/mol. The summed E-state index contributed by atoms with van der Waals surface area (Å²) in [7, 11) is 0. The maximum atomic E-state index is 13.3. The minimum absolute atomic E-state index is 0.442. The van der Waals surface area contributed by atoms with Crippen LogP contribution in [0.2, 0.25) is 0 Å². The summed E-state index contributed by atoms with van der Waals surface area (Å²) in [5.41, 5.74) is 4.52. The first kappa shape index (κ1) is 16.6. The lowest BCUT2D eigenvalue weighted by Gasteiger charge is -2.26. The van der Waals surface area contributed by atoms with Gasteiger partial charge in [0.15, 0.2) is 11.4 Å². The third kappa shape index (κ3) is 3.58. The van der Waals surface area contributed by atoms with E-state index in [1.807, 2.05) is 0 Å². The molecule has 1 aromatic heterocycles. The second-order valence-electron chi connectivity index (χ2n) is 7.92. The fourth-order valence-corrected chi connectivity index (χ4v) is 4.79. The largest absolute Gasteiger partial charge is 0.618 e. The first-order chi connectivity index (χ1) is 12.3. The SMILES string of the molecule is [O-][n+]1c(C2CCCCC2)cc(-c2ccccc2)cc1C1CCCCC1. The van der Waals surface area contributed by atoms with E-state index in [-0.39, 0.29) is 0 Å². The Morgan fingerprint density at radius 1 is 0.640 bits per heavy atom. The molecule has 2 nitrogen and oxygen atoms in total. The third-order valence-corrected chi connectivity index (χ3v) is 6.23. The molecule has 0 atom stereocenters. The van der Waals surface area contributed by atoms with Gasteiger partial charge in [-0.05, 0) is 36.8 Å². The molecule has 0 N–H and O–H groups in total. The standard InChI is InChI=1S/C23H29NO/c25-24-22(19-12-6-2-7-13-19)16-21(18-10-4-1-5-11-18)17-23(24)20-14-8-3-9-15-20/h1,4-5,10-11,16-17,19-20H,2-3,6-9,12-15H2. The van der Waals surface area contributed by atoms with E-state index < -0.39 is 0 Å². The van der Waals surface area contributed by atoms with E-state index in [4.69, 9.17) is 0 Å². The Bertz CT molecular complexity index is 658. The van der Waals surface area contributed by atoms with Crippen LogP contribution in [0, 0.1) is 5.21 Å². The van der Waals surface area contributed by atoms with Gasteiger partial charge in [-0.25, -0.2) is 0 Å². The summed E-state index contributed by atoms with van der Waals surface area (Å²) in [6.07, 6.45) is 12.4. The Morgan fingerprint density at radius 3 is 1.60 bits per heavy atom. The fraction of sp³-hybridized carbons (Fsp3) is 0.522. The van der Waals surface area contributed by atoms with Gasteiger partial charge in [-0.3, -0.25) is 0 Å². The highest BCUT2D eigenvalue weighted by Crippen LogP contribution is 2.36. The highest BCUT2D eigenvalue weighted by Gasteiger charge is 2.29. The predicted octanol–water partition coefficient (Wildman–Crippen LogP) is 6.08. The first-order valence-electron chi connectivity index (χ1n) is 10.2. The molecule has 0 radical (unpaired) electrons. The van der Waals surface area contributed by atoms with Gasteiger partial charge in [0.05, 0.1) is 0 Å². The van der Waals surface area contributed by atoms with Crippen molar-refractivity contribution in [2.45, 2.75) is 76.0 Å². The Balaban J connectivity index is 1.78. The van der Waals surface area contributed by atoms with Crippen LogP contribution in [0.25, 0.3) is 11.1 Å². The monoisotopic (exact) mass is 335 g/mol. The highest BCUT2D eigenvalue weighted by atomic mass is 16.5. The first-order valence-corrected chi connectivity index (χ1v) is 10.2. The number of benzene rings is 1. The maximum absolute atomic E-state index is 13.3. The number of hydrogen-bond acceptors (Lipinski definition) is 1. The van der Waals surface area contributed by atoms with Gasteiger partial charge in [-0.15, -0.1) is 0 Å². The van der Waals surface area contributed by atoms with Crippen LogP contribution in [0.15, 0.2) is 42.5 Å². The zero-order valence-corrected chi connectivity index (χ0v) is 15.1. The summed E-state index contributed by atoms with van der Waals surface area (Å²) in [6.45, 7) is 0. The van der Waals surface area contributed by atoms with Gasteiger partial charge in [0, 0.05) is 24.0 Å². The Morgan fingerprint density at radius 2 is 1.12 bits per heavy atom. The minimum Gasteiger partial charge on any atom is -0.618 e. The molecule has 0 saturated heterocycles. The molecule has 2 saturated carbocycles. The van der Waals surface area contributed by atoms with Gasteiger partial charge < -0.3 is 5.21 Å². The molecule has 2 fully saturated rings. The van der Waals surface area contributed by atoms with Crippen LogP contribution in [0.5, 0.6) is 0 Å². The second-order valence-corrected chi connectivity index (χ2v) is 7.92. The zero-order chi connectivity index (χ0) is 17.1. The van der Waals surface area contributed by atoms with Crippen LogP contribution in [0.4, 0.5) is 0 Å². The van der Waals surface area contributed by atoms with Crippen molar-refractivity contribution in [2.24, 2.45) is 0 Å². The van der Waals surface area contributed by atoms with Crippen molar-refractivity contribution in [3.63, 3.8) is 0 Å². The minimum atomic E-state index is 0.442. The summed E-state index contributed by atoms with van der Waals surface area (Å²) < 4.78 is 1.33. The van der Waals surface area contributed by atoms with Crippen LogP contribution in [0.1, 0.15) is 87.4 Å². The Hall–Kier alpha value is -1.83. The molecule has 25 heavy (non-hydrogen) atoms. The second kappa shape index (κ2) is 7.59. The molecule has 1 aromatic carbocycles. The van der Waals surface area contributed by atoms with Gasteiger partial charge in [0.25, 0.3) is 0 Å². The van der Waals surface area contributed by atoms with E-state index in [0.29, 0.717) is 11.8 Å². The normalized spacial score (nSPS) is 19.8. The van der Waals surface area contributed by atoms with Crippen molar-refractivity contribution in [2.75, 3.05) is 0 Å². The van der Waals surface area contributed by atoms with Gasteiger partial charge >= 0.3 is 0 Å². The van der Waals surface area contributed by atoms with Gasteiger partial charge in [-0.1, -0.05) is 68.9 Å². The van der Waals surface area contributed by atoms with E-state index in [9.17, 15) is 5.21 Å². The van der Waals surface area contributed by atoms with Crippen molar-refractivity contribution in [3.8, 4) is 11.1 Å². The van der Waals surface area contributed by atoms with Crippen molar-refractivity contribution in [3.05, 3.63) is 59.1 Å². The summed E-state index contributed by atoms with van der Waals surface area (Å²) in [6, 6.07) is 14.9. The maximum Gasteiger partial charge on any atom is 0.196 e. The Labute approximate surface area is 151 Å². The van der Waals surface area contributed by atoms with Crippen LogP contribution < -0.4 is 4.73 Å². The Kier molecular flexibility index (Phi) is 5.05. The molecule has 2 aliphatic rings. The number of rotatable bonds is 3. The highest BCUT2D eigenvalue weighted by molar-refractivity contribution is 5.63. The fourth-order valence-electron chi connectivity index (χ4n) is 4.79. The quantitative estimate of drug-likeness (QED) is 0.493. The molecule has 2 aromatic rings. The molecule has 0 bridgehead atoms. The molecule has 2 aliphatic carbocycles. The van der Waals surface area contributed by atoms with Crippen LogP contribution >= 0.6 is 0 Å². The van der Waals surface area contributed by atoms with Gasteiger partial charge in [0.2, 0.25) is 0 Å².